The molecule has 66 heavy (non-hydrogen) atoms. The molecule has 0 saturated carbocycles. The van der Waals surface area contributed by atoms with Gasteiger partial charge in [0.25, 0.3) is 0 Å². The molecule has 3 unspecified atom stereocenters. The van der Waals surface area contributed by atoms with Crippen molar-refractivity contribution in [2.24, 2.45) is 0 Å². The molecule has 2 N–H and O–H groups in total. The second-order valence-corrected chi connectivity index (χ2v) is 19.9. The lowest BCUT2D eigenvalue weighted by Gasteiger charge is -2.21. The van der Waals surface area contributed by atoms with Crippen LogP contribution < -0.4 is 0 Å². The lowest BCUT2D eigenvalue weighted by atomic mass is 10.0. The Morgan fingerprint density at radius 1 is 0.424 bits per heavy atom. The van der Waals surface area contributed by atoms with Crippen LogP contribution in [0.25, 0.3) is 0 Å². The molecule has 0 aromatic carbocycles. The smallest absolute Gasteiger partial charge is 0.462 e. The van der Waals surface area contributed by atoms with E-state index in [0.717, 1.165) is 83.5 Å². The molecule has 0 rings (SSSR count). The lowest BCUT2D eigenvalue weighted by molar-refractivity contribution is -0.161. The van der Waals surface area contributed by atoms with Crippen molar-refractivity contribution in [1.29, 1.82) is 0 Å². The van der Waals surface area contributed by atoms with Crippen LogP contribution in [0.4, 0.5) is 0 Å². The highest BCUT2D eigenvalue weighted by Crippen LogP contribution is 2.43. The van der Waals surface area contributed by atoms with Gasteiger partial charge >= 0.3 is 25.7 Å². The maximum Gasteiger partial charge on any atom is 0.472 e. The Morgan fingerprint density at radius 3 is 1.18 bits per heavy atom. The molecule has 0 saturated heterocycles. The number of phosphoric acid groups is 1. The number of hydrogen-bond donors (Lipinski definition) is 2. The number of esters is 3. The van der Waals surface area contributed by atoms with Gasteiger partial charge in [-0.2, -0.15) is 0 Å². The van der Waals surface area contributed by atoms with Crippen LogP contribution in [0.1, 0.15) is 265 Å². The second-order valence-electron chi connectivity index (χ2n) is 18.4. The van der Waals surface area contributed by atoms with Crippen molar-refractivity contribution in [3.05, 3.63) is 24.3 Å². The summed E-state index contributed by atoms with van der Waals surface area (Å²) in [6.45, 7) is 4.59. The summed E-state index contributed by atoms with van der Waals surface area (Å²) in [5, 5.41) is 9.78. The standard InChI is InChI=1S/C54H101O11P/c1-4-7-10-13-16-19-22-25-28-31-34-37-40-43-52(56)61-47-51(65-54(58)45-42-39-36-33-30-27-24-21-18-15-12-9-6-3)49-63-66(59,60)62-48-50(46-55)64-53(57)44-41-38-35-32-29-26-23-20-17-14-11-8-5-2/h10,13,19,22,50-51,55H,4-9,11-12,14-18,20-21,23-49H2,1-3H3,(H,59,60)/b13-10-,22-19-. The quantitative estimate of drug-likeness (QED) is 0.0197. The zero-order valence-corrected chi connectivity index (χ0v) is 43.6. The molecule has 0 spiro atoms. The van der Waals surface area contributed by atoms with Gasteiger partial charge in [-0.25, -0.2) is 4.57 Å². The summed E-state index contributed by atoms with van der Waals surface area (Å²) in [4.78, 5) is 48.3. The van der Waals surface area contributed by atoms with Crippen LogP contribution in [-0.2, 0) is 42.2 Å². The molecule has 0 aliphatic rings. The molecule has 0 bridgehead atoms. The molecule has 0 aromatic heterocycles. The van der Waals surface area contributed by atoms with Crippen molar-refractivity contribution in [2.75, 3.05) is 26.4 Å². The third-order valence-corrected chi connectivity index (χ3v) is 12.8. The van der Waals surface area contributed by atoms with Gasteiger partial charge in [0.2, 0.25) is 0 Å². The van der Waals surface area contributed by atoms with Crippen molar-refractivity contribution in [1.82, 2.24) is 0 Å². The van der Waals surface area contributed by atoms with Crippen LogP contribution in [0.2, 0.25) is 0 Å². The van der Waals surface area contributed by atoms with E-state index in [1.54, 1.807) is 0 Å². The Bertz CT molecular complexity index is 1210. The largest absolute Gasteiger partial charge is 0.472 e. The molecule has 0 aliphatic heterocycles. The maximum atomic E-state index is 12.8. The molecule has 3 atom stereocenters. The Kier molecular flexibility index (Phi) is 47.9. The highest BCUT2D eigenvalue weighted by molar-refractivity contribution is 7.47. The normalized spacial score (nSPS) is 13.6. The number of carbonyl (C=O) groups excluding carboxylic acids is 3. The average molecular weight is 957 g/mol. The minimum atomic E-state index is -4.74. The number of phosphoric ester groups is 1. The molecule has 388 valence electrons. The summed E-state index contributed by atoms with van der Waals surface area (Å²) in [5.41, 5.74) is 0. The van der Waals surface area contributed by atoms with Gasteiger partial charge in [-0.3, -0.25) is 23.4 Å². The second kappa shape index (κ2) is 49.4. The lowest BCUT2D eigenvalue weighted by Crippen LogP contribution is -2.30. The van der Waals surface area contributed by atoms with Gasteiger partial charge < -0.3 is 24.2 Å². The van der Waals surface area contributed by atoms with Crippen molar-refractivity contribution < 1.29 is 52.2 Å². The number of aliphatic hydroxyl groups is 1. The van der Waals surface area contributed by atoms with Crippen molar-refractivity contribution >= 4 is 25.7 Å². The van der Waals surface area contributed by atoms with Crippen molar-refractivity contribution in [3.8, 4) is 0 Å². The topological polar surface area (TPSA) is 155 Å². The average Bonchev–Trinajstić information content (AvgIpc) is 3.30. The van der Waals surface area contributed by atoms with Gasteiger partial charge in [0.1, 0.15) is 12.7 Å². The first kappa shape index (κ1) is 64.0. The molecular formula is C54H101O11P. The minimum Gasteiger partial charge on any atom is -0.462 e. The number of hydrogen-bond acceptors (Lipinski definition) is 10. The van der Waals surface area contributed by atoms with E-state index in [9.17, 15) is 28.9 Å². The first-order valence-corrected chi connectivity index (χ1v) is 28.7. The fraction of sp³-hybridized carbons (Fsp3) is 0.870. The van der Waals surface area contributed by atoms with E-state index in [1.165, 1.54) is 122 Å². The fourth-order valence-electron chi connectivity index (χ4n) is 7.69. The number of ether oxygens (including phenoxy) is 3. The van der Waals surface area contributed by atoms with Gasteiger partial charge in [0, 0.05) is 19.3 Å². The van der Waals surface area contributed by atoms with Gasteiger partial charge in [-0.1, -0.05) is 225 Å². The highest BCUT2D eigenvalue weighted by atomic mass is 31.2. The van der Waals surface area contributed by atoms with E-state index in [2.05, 4.69) is 45.1 Å². The van der Waals surface area contributed by atoms with Gasteiger partial charge in [-0.05, 0) is 44.9 Å². The number of unbranched alkanes of at least 4 members (excludes halogenated alkanes) is 30. The molecule has 0 amide bonds. The Labute approximate surface area is 404 Å². The molecule has 0 fully saturated rings. The summed E-state index contributed by atoms with van der Waals surface area (Å²) in [6, 6.07) is 0. The Balaban J connectivity index is 4.70. The van der Waals surface area contributed by atoms with E-state index >= 15 is 0 Å². The molecular weight excluding hydrogens is 856 g/mol. The number of rotatable bonds is 51. The Morgan fingerprint density at radius 2 is 0.773 bits per heavy atom. The van der Waals surface area contributed by atoms with Crippen molar-refractivity contribution in [2.45, 2.75) is 277 Å². The van der Waals surface area contributed by atoms with E-state index in [0.29, 0.717) is 19.3 Å². The van der Waals surface area contributed by atoms with Crippen LogP contribution in [0.5, 0.6) is 0 Å². The fourth-order valence-corrected chi connectivity index (χ4v) is 8.47. The van der Waals surface area contributed by atoms with Gasteiger partial charge in [0.15, 0.2) is 6.10 Å². The predicted molar refractivity (Wildman–Crippen MR) is 270 cm³/mol. The first-order valence-electron chi connectivity index (χ1n) is 27.2. The molecule has 11 nitrogen and oxygen atoms in total. The number of carbonyl (C=O) groups is 3. The number of aliphatic hydroxyl groups excluding tert-OH is 1. The minimum absolute atomic E-state index is 0.171. The van der Waals surface area contributed by atoms with Gasteiger partial charge in [-0.15, -0.1) is 0 Å². The van der Waals surface area contributed by atoms with Crippen LogP contribution in [-0.4, -0.2) is 66.5 Å². The monoisotopic (exact) mass is 957 g/mol. The van der Waals surface area contributed by atoms with Crippen molar-refractivity contribution in [3.63, 3.8) is 0 Å². The highest BCUT2D eigenvalue weighted by Gasteiger charge is 2.28. The number of allylic oxidation sites excluding steroid dienone is 4. The third-order valence-electron chi connectivity index (χ3n) is 11.9. The molecule has 0 aliphatic carbocycles. The molecule has 0 heterocycles. The van der Waals surface area contributed by atoms with Crippen LogP contribution in [0.3, 0.4) is 0 Å². The summed E-state index contributed by atoms with van der Waals surface area (Å²) in [6.07, 6.45) is 47.1. The summed E-state index contributed by atoms with van der Waals surface area (Å²) >= 11 is 0. The van der Waals surface area contributed by atoms with E-state index in [-0.39, 0.29) is 25.9 Å². The van der Waals surface area contributed by atoms with Gasteiger partial charge in [0.05, 0.1) is 19.8 Å². The van der Waals surface area contributed by atoms with Crippen LogP contribution in [0.15, 0.2) is 24.3 Å². The molecule has 12 heteroatoms. The van der Waals surface area contributed by atoms with E-state index in [4.69, 9.17) is 23.3 Å². The molecule has 0 radical (unpaired) electrons. The zero-order chi connectivity index (χ0) is 48.4. The Hall–Kier alpha value is -2.04. The first-order chi connectivity index (χ1) is 32.2. The van der Waals surface area contributed by atoms with E-state index < -0.39 is 57.8 Å². The van der Waals surface area contributed by atoms with Crippen LogP contribution in [0, 0.1) is 0 Å². The predicted octanol–water partition coefficient (Wildman–Crippen LogP) is 15.5. The molecule has 0 aromatic rings. The third kappa shape index (κ3) is 47.0. The summed E-state index contributed by atoms with van der Waals surface area (Å²) in [7, 11) is -4.74. The SMILES string of the molecule is CCC/C=C\C/C=C\CCCCCCCC(=O)OCC(COP(=O)(O)OCC(CO)OC(=O)CCCCCCCCCCCCCCC)OC(=O)CCCCCCCCCCCCCCC. The zero-order valence-electron chi connectivity index (χ0n) is 42.7. The summed E-state index contributed by atoms with van der Waals surface area (Å²) in [5.74, 6) is -1.46. The maximum absolute atomic E-state index is 12.8. The van der Waals surface area contributed by atoms with Crippen LogP contribution >= 0.6 is 7.82 Å². The van der Waals surface area contributed by atoms with E-state index in [1.807, 2.05) is 0 Å². The summed E-state index contributed by atoms with van der Waals surface area (Å²) < 4.78 is 39.4.